The predicted molar refractivity (Wildman–Crippen MR) is 130 cm³/mol. The van der Waals surface area contributed by atoms with Gasteiger partial charge in [0.15, 0.2) is 5.96 Å². The van der Waals surface area contributed by atoms with Crippen LogP contribution < -0.4 is 16.0 Å². The number of para-hydroxylation sites is 1. The van der Waals surface area contributed by atoms with Crippen molar-refractivity contribution in [3.8, 4) is 0 Å². The maximum atomic E-state index is 11.2. The Morgan fingerprint density at radius 3 is 2.34 bits per heavy atom. The monoisotopic (exact) mass is 527 g/mol. The summed E-state index contributed by atoms with van der Waals surface area (Å²) in [6.07, 6.45) is 0. The van der Waals surface area contributed by atoms with Crippen molar-refractivity contribution in [1.29, 1.82) is 0 Å². The molecule has 0 spiro atoms. The minimum absolute atomic E-state index is 0. The van der Waals surface area contributed by atoms with Crippen molar-refractivity contribution in [2.24, 2.45) is 10.7 Å². The molecule has 156 valence electrons. The summed E-state index contributed by atoms with van der Waals surface area (Å²) < 4.78 is 0. The summed E-state index contributed by atoms with van der Waals surface area (Å²) >= 11 is 6.33. The van der Waals surface area contributed by atoms with E-state index >= 15 is 0 Å². The summed E-state index contributed by atoms with van der Waals surface area (Å²) in [6.45, 7) is 6.95. The van der Waals surface area contributed by atoms with Crippen LogP contribution in [-0.4, -0.2) is 49.5 Å². The second kappa shape index (κ2) is 11.3. The zero-order valence-electron chi connectivity index (χ0n) is 16.5. The first kappa shape index (κ1) is 23.3. The number of aliphatic imine (C=N–C) groups is 1. The van der Waals surface area contributed by atoms with Crippen LogP contribution in [0.25, 0.3) is 0 Å². The number of primary amides is 1. The molecule has 2 aromatic carbocycles. The van der Waals surface area contributed by atoms with Crippen molar-refractivity contribution in [3.63, 3.8) is 0 Å². The lowest BCUT2D eigenvalue weighted by atomic mass is 10.1. The van der Waals surface area contributed by atoms with Gasteiger partial charge in [0.25, 0.3) is 0 Å². The largest absolute Gasteiger partial charge is 0.367 e. The topological polar surface area (TPSA) is 74.0 Å². The third-order valence-corrected chi connectivity index (χ3v) is 5.08. The number of guanidine groups is 1. The molecular weight excluding hydrogens is 501 g/mol. The van der Waals surface area contributed by atoms with Gasteiger partial charge in [0.2, 0.25) is 5.91 Å². The number of carbonyl (C=O) groups excluding carboxylic acids is 1. The summed E-state index contributed by atoms with van der Waals surface area (Å²) in [5, 5.41) is 4.16. The molecule has 0 bridgehead atoms. The van der Waals surface area contributed by atoms with Gasteiger partial charge in [-0.3, -0.25) is 4.79 Å². The fourth-order valence-corrected chi connectivity index (χ4v) is 3.49. The van der Waals surface area contributed by atoms with Crippen LogP contribution in [0.1, 0.15) is 22.8 Å². The van der Waals surface area contributed by atoms with Crippen molar-refractivity contribution in [1.82, 2.24) is 10.2 Å². The molecular formula is C21H27ClIN5O. The number of nitrogens with one attached hydrogen (secondary N) is 1. The van der Waals surface area contributed by atoms with E-state index in [4.69, 9.17) is 22.3 Å². The third-order valence-electron chi connectivity index (χ3n) is 4.76. The molecule has 0 unspecified atom stereocenters. The van der Waals surface area contributed by atoms with E-state index in [1.165, 1.54) is 0 Å². The first-order valence-electron chi connectivity index (χ1n) is 9.50. The standard InChI is InChI=1S/C21H26ClN5O.HI/c1-2-24-21(25-15-16-7-9-17(10-8-16)20(23)28)27-13-11-26(12-14-27)19-6-4-3-5-18(19)22;/h3-10H,2,11-15H2,1H3,(H2,23,28)(H,24,25);1H. The highest BCUT2D eigenvalue weighted by atomic mass is 127. The fourth-order valence-electron chi connectivity index (χ4n) is 3.23. The lowest BCUT2D eigenvalue weighted by Gasteiger charge is -2.38. The zero-order valence-corrected chi connectivity index (χ0v) is 19.6. The Bertz CT molecular complexity index is 835. The quantitative estimate of drug-likeness (QED) is 0.355. The molecule has 1 fully saturated rings. The Morgan fingerprint density at radius 2 is 1.76 bits per heavy atom. The van der Waals surface area contributed by atoms with Crippen LogP contribution in [0.4, 0.5) is 5.69 Å². The second-order valence-electron chi connectivity index (χ2n) is 6.66. The van der Waals surface area contributed by atoms with E-state index in [1.54, 1.807) is 12.1 Å². The number of rotatable bonds is 5. The summed E-state index contributed by atoms with van der Waals surface area (Å²) in [5.41, 5.74) is 7.92. The number of benzene rings is 2. The van der Waals surface area contributed by atoms with Gasteiger partial charge in [-0.2, -0.15) is 0 Å². The molecule has 29 heavy (non-hydrogen) atoms. The zero-order chi connectivity index (χ0) is 19.9. The molecule has 3 N–H and O–H groups in total. The molecule has 1 amide bonds. The lowest BCUT2D eigenvalue weighted by molar-refractivity contribution is 0.100. The van der Waals surface area contributed by atoms with E-state index < -0.39 is 5.91 Å². The molecule has 1 heterocycles. The summed E-state index contributed by atoms with van der Waals surface area (Å²) in [6, 6.07) is 15.2. The molecule has 0 atom stereocenters. The molecule has 1 saturated heterocycles. The third kappa shape index (κ3) is 6.24. The average molecular weight is 528 g/mol. The van der Waals surface area contributed by atoms with Crippen LogP contribution in [-0.2, 0) is 6.54 Å². The number of nitrogens with two attached hydrogens (primary N) is 1. The van der Waals surface area contributed by atoms with Gasteiger partial charge in [0.1, 0.15) is 0 Å². The van der Waals surface area contributed by atoms with Crippen molar-refractivity contribution < 1.29 is 4.79 Å². The van der Waals surface area contributed by atoms with Gasteiger partial charge in [-0.1, -0.05) is 35.9 Å². The number of nitrogens with zero attached hydrogens (tertiary/aromatic N) is 3. The first-order chi connectivity index (χ1) is 13.6. The predicted octanol–water partition coefficient (Wildman–Crippen LogP) is 3.34. The Balaban J connectivity index is 0.00000300. The Morgan fingerprint density at radius 1 is 1.10 bits per heavy atom. The molecule has 0 saturated carbocycles. The van der Waals surface area contributed by atoms with Crippen LogP contribution in [0.3, 0.4) is 0 Å². The minimum Gasteiger partial charge on any atom is -0.367 e. The Labute approximate surface area is 194 Å². The molecule has 1 aliphatic rings. The smallest absolute Gasteiger partial charge is 0.248 e. The number of hydrogen-bond donors (Lipinski definition) is 2. The molecule has 2 aromatic rings. The van der Waals surface area contributed by atoms with Crippen LogP contribution in [0, 0.1) is 0 Å². The van der Waals surface area contributed by atoms with Gasteiger partial charge >= 0.3 is 0 Å². The average Bonchev–Trinajstić information content (AvgIpc) is 2.72. The van der Waals surface area contributed by atoms with Crippen molar-refractivity contribution >= 4 is 53.1 Å². The van der Waals surface area contributed by atoms with Gasteiger partial charge in [-0.25, -0.2) is 4.99 Å². The van der Waals surface area contributed by atoms with Gasteiger partial charge in [0, 0.05) is 38.3 Å². The molecule has 0 radical (unpaired) electrons. The van der Waals surface area contributed by atoms with E-state index in [0.29, 0.717) is 12.1 Å². The van der Waals surface area contributed by atoms with Gasteiger partial charge in [0.05, 0.1) is 17.3 Å². The van der Waals surface area contributed by atoms with E-state index in [9.17, 15) is 4.79 Å². The fraction of sp³-hybridized carbons (Fsp3) is 0.333. The maximum absolute atomic E-state index is 11.2. The SMILES string of the molecule is CCNC(=NCc1ccc(C(N)=O)cc1)N1CCN(c2ccccc2Cl)CC1.I. The second-order valence-corrected chi connectivity index (χ2v) is 7.06. The van der Waals surface area contributed by atoms with Crippen LogP contribution in [0.15, 0.2) is 53.5 Å². The van der Waals surface area contributed by atoms with Crippen molar-refractivity contribution in [2.45, 2.75) is 13.5 Å². The highest BCUT2D eigenvalue weighted by Crippen LogP contribution is 2.26. The highest BCUT2D eigenvalue weighted by molar-refractivity contribution is 14.0. The molecule has 8 heteroatoms. The van der Waals surface area contributed by atoms with E-state index in [0.717, 1.165) is 55.0 Å². The number of halogens is 2. The highest BCUT2D eigenvalue weighted by Gasteiger charge is 2.21. The van der Waals surface area contributed by atoms with Gasteiger partial charge in [-0.15, -0.1) is 24.0 Å². The molecule has 6 nitrogen and oxygen atoms in total. The molecule has 0 aromatic heterocycles. The summed E-state index contributed by atoms with van der Waals surface area (Å²) in [5.74, 6) is 0.486. The van der Waals surface area contributed by atoms with Gasteiger partial charge in [-0.05, 0) is 36.8 Å². The molecule has 1 aliphatic heterocycles. The number of anilines is 1. The number of amides is 1. The lowest BCUT2D eigenvalue weighted by Crippen LogP contribution is -2.52. The maximum Gasteiger partial charge on any atom is 0.248 e. The first-order valence-corrected chi connectivity index (χ1v) is 9.87. The Hall–Kier alpha value is -2.00. The number of carbonyl (C=O) groups is 1. The normalized spacial score (nSPS) is 14.3. The number of piperazine rings is 1. The van der Waals surface area contributed by atoms with E-state index in [2.05, 4.69) is 28.1 Å². The summed E-state index contributed by atoms with van der Waals surface area (Å²) in [7, 11) is 0. The van der Waals surface area contributed by atoms with Crippen LogP contribution >= 0.6 is 35.6 Å². The Kier molecular flexibility index (Phi) is 9.03. The van der Waals surface area contributed by atoms with E-state index in [-0.39, 0.29) is 24.0 Å². The molecule has 0 aliphatic carbocycles. The van der Waals surface area contributed by atoms with Crippen LogP contribution in [0.2, 0.25) is 5.02 Å². The molecule has 3 rings (SSSR count). The van der Waals surface area contributed by atoms with Crippen molar-refractivity contribution in [3.05, 3.63) is 64.7 Å². The minimum atomic E-state index is -0.417. The summed E-state index contributed by atoms with van der Waals surface area (Å²) in [4.78, 5) is 20.5. The number of hydrogen-bond acceptors (Lipinski definition) is 3. The van der Waals surface area contributed by atoms with Crippen molar-refractivity contribution in [2.75, 3.05) is 37.6 Å². The van der Waals surface area contributed by atoms with Crippen LogP contribution in [0.5, 0.6) is 0 Å². The van der Waals surface area contributed by atoms with Gasteiger partial charge < -0.3 is 20.9 Å². The van der Waals surface area contributed by atoms with E-state index in [1.807, 2.05) is 30.3 Å².